The number of hydrogen-bond acceptors (Lipinski definition) is 7. The van der Waals surface area contributed by atoms with E-state index in [0.717, 1.165) is 18.0 Å². The van der Waals surface area contributed by atoms with E-state index in [-0.39, 0.29) is 16.0 Å². The number of amides is 1. The highest BCUT2D eigenvalue weighted by Gasteiger charge is 2.24. The summed E-state index contributed by atoms with van der Waals surface area (Å²) in [4.78, 5) is 31.1. The van der Waals surface area contributed by atoms with E-state index in [2.05, 4.69) is 15.3 Å². The van der Waals surface area contributed by atoms with Gasteiger partial charge in [-0.25, -0.2) is 13.4 Å². The number of sulfone groups is 1. The molecule has 3 aromatic rings. The van der Waals surface area contributed by atoms with Crippen molar-refractivity contribution >= 4 is 44.8 Å². The van der Waals surface area contributed by atoms with E-state index >= 15 is 0 Å². The minimum atomic E-state index is -4.06. The summed E-state index contributed by atoms with van der Waals surface area (Å²) in [6.45, 7) is 1.82. The highest BCUT2D eigenvalue weighted by Crippen LogP contribution is 2.25. The average molecular weight is 494 g/mol. The second-order valence-electron chi connectivity index (χ2n) is 6.57. The number of benzene rings is 2. The molecule has 0 bridgehead atoms. The van der Waals surface area contributed by atoms with Crippen molar-refractivity contribution in [2.75, 3.05) is 12.4 Å². The summed E-state index contributed by atoms with van der Waals surface area (Å²) in [6.07, 6.45) is 1.46. The van der Waals surface area contributed by atoms with Gasteiger partial charge in [0.05, 0.1) is 23.5 Å². The van der Waals surface area contributed by atoms with E-state index in [0.29, 0.717) is 22.9 Å². The average Bonchev–Trinajstić information content (AvgIpc) is 2.78. The summed E-state index contributed by atoms with van der Waals surface area (Å²) in [5, 5.41) is 2.76. The number of thioether (sulfide) groups is 1. The zero-order chi connectivity index (χ0) is 23.3. The molecule has 0 spiro atoms. The molecule has 1 amide bonds. The van der Waals surface area contributed by atoms with Crippen molar-refractivity contribution in [1.29, 1.82) is 0 Å². The highest BCUT2D eigenvalue weighted by atomic mass is 35.5. The number of H-pyrrole nitrogens is 1. The lowest BCUT2D eigenvalue weighted by Gasteiger charge is -2.14. The maximum absolute atomic E-state index is 12.7. The summed E-state index contributed by atoms with van der Waals surface area (Å²) in [5.41, 5.74) is -0.219. The minimum absolute atomic E-state index is 0.0695. The molecule has 8 nitrogen and oxygen atoms in total. The molecule has 0 aliphatic carbocycles. The maximum Gasteiger partial charge on any atom is 0.270 e. The van der Waals surface area contributed by atoms with Gasteiger partial charge in [-0.15, -0.1) is 0 Å². The van der Waals surface area contributed by atoms with Crippen LogP contribution in [0.1, 0.15) is 13.3 Å². The number of methoxy groups -OCH3 is 1. The minimum Gasteiger partial charge on any atom is -0.497 e. The topological polar surface area (TPSA) is 118 Å². The smallest absolute Gasteiger partial charge is 0.270 e. The van der Waals surface area contributed by atoms with Crippen LogP contribution in [-0.2, 0) is 14.6 Å². The van der Waals surface area contributed by atoms with Crippen molar-refractivity contribution in [3.63, 3.8) is 0 Å². The largest absolute Gasteiger partial charge is 0.497 e. The Morgan fingerprint density at radius 1 is 1.19 bits per heavy atom. The predicted octanol–water partition coefficient (Wildman–Crippen LogP) is 3.77. The molecule has 0 aliphatic rings. The van der Waals surface area contributed by atoms with Crippen LogP contribution in [0.15, 0.2) is 74.5 Å². The fraction of sp³-hybridized carbons (Fsp3) is 0.190. The van der Waals surface area contributed by atoms with E-state index in [9.17, 15) is 18.0 Å². The molecule has 168 valence electrons. The lowest BCUT2D eigenvalue weighted by molar-refractivity contribution is -0.115. The molecule has 3 rings (SSSR count). The lowest BCUT2D eigenvalue weighted by Crippen LogP contribution is -2.26. The van der Waals surface area contributed by atoms with Crippen LogP contribution in [0.4, 0.5) is 5.69 Å². The van der Waals surface area contributed by atoms with Gasteiger partial charge in [0.2, 0.25) is 15.7 Å². The molecule has 0 saturated heterocycles. The molecule has 0 fully saturated rings. The van der Waals surface area contributed by atoms with Crippen molar-refractivity contribution < 1.29 is 17.9 Å². The maximum atomic E-state index is 12.7. The zero-order valence-electron chi connectivity index (χ0n) is 17.2. The molecule has 1 aromatic heterocycles. The molecule has 1 heterocycles. The predicted molar refractivity (Wildman–Crippen MR) is 123 cm³/mol. The van der Waals surface area contributed by atoms with Crippen molar-refractivity contribution in [3.05, 3.63) is 70.1 Å². The molecule has 1 atom stereocenters. The molecule has 11 heteroatoms. The van der Waals surface area contributed by atoms with E-state index in [1.54, 1.807) is 31.4 Å². The van der Waals surface area contributed by atoms with Gasteiger partial charge in [0.15, 0.2) is 10.1 Å². The standard InChI is InChI=1S/C21H20ClN3O5S2/c1-3-17(19(26)24-14-6-8-15(30-2)9-7-14)31-21-23-12-18(20(27)25-21)32(28,29)16-10-4-13(22)5-11-16/h4-12,17H,3H2,1-2H3,(H,24,26)(H,23,25,27). The van der Waals surface area contributed by atoms with Crippen molar-refractivity contribution in [3.8, 4) is 5.75 Å². The van der Waals surface area contributed by atoms with Gasteiger partial charge in [0.25, 0.3) is 5.56 Å². The number of rotatable bonds is 8. The third kappa shape index (κ3) is 5.50. The molecule has 32 heavy (non-hydrogen) atoms. The van der Waals surface area contributed by atoms with Gasteiger partial charge in [-0.2, -0.15) is 0 Å². The van der Waals surface area contributed by atoms with Gasteiger partial charge >= 0.3 is 0 Å². The van der Waals surface area contributed by atoms with Crippen molar-refractivity contribution in [2.24, 2.45) is 0 Å². The number of halogens is 1. The van der Waals surface area contributed by atoms with Crippen LogP contribution in [0.5, 0.6) is 5.75 Å². The Labute approximate surface area is 194 Å². The zero-order valence-corrected chi connectivity index (χ0v) is 19.6. The first kappa shape index (κ1) is 23.8. The van der Waals surface area contributed by atoms with Gasteiger partial charge in [0, 0.05) is 10.7 Å². The van der Waals surface area contributed by atoms with Crippen LogP contribution < -0.4 is 15.6 Å². The highest BCUT2D eigenvalue weighted by molar-refractivity contribution is 8.00. The molecule has 0 radical (unpaired) electrons. The van der Waals surface area contributed by atoms with E-state index in [4.69, 9.17) is 16.3 Å². The van der Waals surface area contributed by atoms with E-state index < -0.39 is 25.5 Å². The Hall–Kier alpha value is -2.82. The molecule has 1 unspecified atom stereocenters. The SMILES string of the molecule is CCC(Sc1ncc(S(=O)(=O)c2ccc(Cl)cc2)c(=O)[nH]1)C(=O)Nc1ccc(OC)cc1. The van der Waals surface area contributed by atoms with Gasteiger partial charge in [-0.05, 0) is 55.0 Å². The molecule has 2 N–H and O–H groups in total. The Kier molecular flexibility index (Phi) is 7.60. The van der Waals surface area contributed by atoms with Crippen LogP contribution in [0.25, 0.3) is 0 Å². The Balaban J connectivity index is 1.76. The molecule has 0 saturated carbocycles. The number of nitrogens with one attached hydrogen (secondary N) is 2. The Bertz CT molecular complexity index is 1260. The summed E-state index contributed by atoms with van der Waals surface area (Å²) in [6, 6.07) is 12.4. The fourth-order valence-electron chi connectivity index (χ4n) is 2.71. The van der Waals surface area contributed by atoms with Gasteiger partial charge in [-0.3, -0.25) is 9.59 Å². The quantitative estimate of drug-likeness (QED) is 0.362. The summed E-state index contributed by atoms with van der Waals surface area (Å²) < 4.78 is 30.6. The van der Waals surface area contributed by atoms with E-state index in [1.807, 2.05) is 6.92 Å². The number of hydrogen-bond donors (Lipinski definition) is 2. The van der Waals surface area contributed by atoms with Crippen LogP contribution in [0.3, 0.4) is 0 Å². The summed E-state index contributed by atoms with van der Waals surface area (Å²) in [5.74, 6) is 0.392. The van der Waals surface area contributed by atoms with Crippen molar-refractivity contribution in [2.45, 2.75) is 33.5 Å². The molecular formula is C21H20ClN3O5S2. The van der Waals surface area contributed by atoms with Crippen LogP contribution in [0, 0.1) is 0 Å². The first-order chi connectivity index (χ1) is 15.2. The monoisotopic (exact) mass is 493 g/mol. The summed E-state index contributed by atoms with van der Waals surface area (Å²) in [7, 11) is -2.51. The van der Waals surface area contributed by atoms with Gasteiger partial charge < -0.3 is 15.0 Å². The van der Waals surface area contributed by atoms with Crippen LogP contribution >= 0.6 is 23.4 Å². The van der Waals surface area contributed by atoms with Gasteiger partial charge in [-0.1, -0.05) is 30.3 Å². The first-order valence-corrected chi connectivity index (χ1v) is 12.2. The van der Waals surface area contributed by atoms with Gasteiger partial charge in [0.1, 0.15) is 5.75 Å². The molecule has 0 aliphatic heterocycles. The third-order valence-electron chi connectivity index (χ3n) is 4.43. The first-order valence-electron chi connectivity index (χ1n) is 9.46. The van der Waals surface area contributed by atoms with E-state index in [1.165, 1.54) is 24.3 Å². The third-order valence-corrected chi connectivity index (χ3v) is 7.71. The lowest BCUT2D eigenvalue weighted by atomic mass is 10.2. The Morgan fingerprint density at radius 3 is 2.41 bits per heavy atom. The summed E-state index contributed by atoms with van der Waals surface area (Å²) >= 11 is 6.84. The van der Waals surface area contributed by atoms with Crippen LogP contribution in [-0.4, -0.2) is 36.7 Å². The number of carbonyl (C=O) groups is 1. The normalized spacial score (nSPS) is 12.2. The number of ether oxygens (including phenoxy) is 1. The van der Waals surface area contributed by atoms with Crippen molar-refractivity contribution in [1.82, 2.24) is 9.97 Å². The number of nitrogens with zero attached hydrogens (tertiary/aromatic N) is 1. The second-order valence-corrected chi connectivity index (χ2v) is 10.1. The number of anilines is 1. The Morgan fingerprint density at radius 2 is 1.84 bits per heavy atom. The fourth-order valence-corrected chi connectivity index (χ4v) is 4.94. The second kappa shape index (κ2) is 10.2. The van der Waals surface area contributed by atoms with Crippen LogP contribution in [0.2, 0.25) is 5.02 Å². The number of aromatic nitrogens is 2. The number of aromatic amines is 1. The molecular weight excluding hydrogens is 474 g/mol. The number of carbonyl (C=O) groups excluding carboxylic acids is 1. The molecule has 2 aromatic carbocycles.